The van der Waals surface area contributed by atoms with Gasteiger partial charge in [-0.3, -0.25) is 0 Å². The molecule has 3 unspecified atom stereocenters. The molecule has 2 aliphatic rings. The predicted molar refractivity (Wildman–Crippen MR) is 76.6 cm³/mol. The van der Waals surface area contributed by atoms with Crippen molar-refractivity contribution < 1.29 is 0 Å². The first-order chi connectivity index (χ1) is 8.88. The fraction of sp³-hybridized carbons (Fsp3) is 0.647. The molecule has 0 radical (unpaired) electrons. The normalized spacial score (nSPS) is 31.9. The summed E-state index contributed by atoms with van der Waals surface area (Å²) in [6.45, 7) is 4.62. The number of nitrogens with one attached hydrogen (secondary N) is 1. The van der Waals surface area contributed by atoms with Crippen molar-refractivity contribution in [2.24, 2.45) is 11.8 Å². The summed E-state index contributed by atoms with van der Waals surface area (Å²) < 4.78 is 0. The second-order valence-electron chi connectivity index (χ2n) is 6.14. The van der Waals surface area contributed by atoms with Crippen molar-refractivity contribution in [2.45, 2.75) is 51.5 Å². The lowest BCUT2D eigenvalue weighted by Gasteiger charge is -2.37. The highest BCUT2D eigenvalue weighted by molar-refractivity contribution is 5.33. The van der Waals surface area contributed by atoms with Gasteiger partial charge in [-0.1, -0.05) is 50.5 Å². The Hall–Kier alpha value is -0.820. The lowest BCUT2D eigenvalue weighted by atomic mass is 9.70. The molecular weight excluding hydrogens is 218 g/mol. The third-order valence-corrected chi connectivity index (χ3v) is 5.10. The fourth-order valence-electron chi connectivity index (χ4n) is 4.02. The van der Waals surface area contributed by atoms with E-state index in [2.05, 4.69) is 36.5 Å². The maximum Gasteiger partial charge on any atom is 0.0208 e. The van der Waals surface area contributed by atoms with E-state index in [9.17, 15) is 0 Å². The molecule has 3 rings (SSSR count). The fourth-order valence-corrected chi connectivity index (χ4v) is 4.02. The zero-order valence-electron chi connectivity index (χ0n) is 11.5. The van der Waals surface area contributed by atoms with Gasteiger partial charge in [-0.25, -0.2) is 0 Å². The van der Waals surface area contributed by atoms with Crippen LogP contribution < -0.4 is 5.32 Å². The number of hydrogen-bond acceptors (Lipinski definition) is 1. The monoisotopic (exact) mass is 243 g/mol. The SMILES string of the molecule is CCC1CCCC(C2CNCc3ccccc32)C1. The van der Waals surface area contributed by atoms with E-state index in [-0.39, 0.29) is 0 Å². The summed E-state index contributed by atoms with van der Waals surface area (Å²) in [6.07, 6.45) is 7.18. The maximum atomic E-state index is 3.62. The highest BCUT2D eigenvalue weighted by Gasteiger charge is 2.31. The van der Waals surface area contributed by atoms with Crippen LogP contribution in [0.1, 0.15) is 56.1 Å². The first kappa shape index (κ1) is 12.2. The molecule has 1 saturated carbocycles. The van der Waals surface area contributed by atoms with Crippen LogP contribution in [0.5, 0.6) is 0 Å². The molecule has 1 aliphatic carbocycles. The Labute approximate surface area is 111 Å². The summed E-state index contributed by atoms with van der Waals surface area (Å²) >= 11 is 0. The van der Waals surface area contributed by atoms with Crippen LogP contribution in [-0.4, -0.2) is 6.54 Å². The summed E-state index contributed by atoms with van der Waals surface area (Å²) in [4.78, 5) is 0. The first-order valence-corrected chi connectivity index (χ1v) is 7.67. The van der Waals surface area contributed by atoms with E-state index in [0.29, 0.717) is 0 Å². The molecule has 1 aromatic rings. The number of hydrogen-bond donors (Lipinski definition) is 1. The maximum absolute atomic E-state index is 3.62. The highest BCUT2D eigenvalue weighted by Crippen LogP contribution is 2.41. The van der Waals surface area contributed by atoms with Gasteiger partial charge in [-0.15, -0.1) is 0 Å². The van der Waals surface area contributed by atoms with Crippen molar-refractivity contribution in [3.63, 3.8) is 0 Å². The van der Waals surface area contributed by atoms with Crippen molar-refractivity contribution in [3.05, 3.63) is 35.4 Å². The zero-order valence-corrected chi connectivity index (χ0v) is 11.5. The molecule has 3 atom stereocenters. The van der Waals surface area contributed by atoms with E-state index in [1.54, 1.807) is 5.56 Å². The van der Waals surface area contributed by atoms with Gasteiger partial charge in [-0.05, 0) is 41.7 Å². The average Bonchev–Trinajstić information content (AvgIpc) is 2.47. The second-order valence-corrected chi connectivity index (χ2v) is 6.14. The average molecular weight is 243 g/mol. The highest BCUT2D eigenvalue weighted by atomic mass is 14.9. The van der Waals surface area contributed by atoms with E-state index in [0.717, 1.165) is 24.3 Å². The molecule has 1 fully saturated rings. The Balaban J connectivity index is 1.80. The molecule has 18 heavy (non-hydrogen) atoms. The molecule has 1 heteroatoms. The minimum Gasteiger partial charge on any atom is -0.312 e. The molecule has 1 heterocycles. The number of benzene rings is 1. The number of rotatable bonds is 2. The van der Waals surface area contributed by atoms with E-state index in [4.69, 9.17) is 0 Å². The standard InChI is InChI=1S/C17H25N/c1-2-13-6-5-8-14(10-13)17-12-18-11-15-7-3-4-9-16(15)17/h3-4,7,9,13-14,17-18H,2,5-6,8,10-12H2,1H3. The van der Waals surface area contributed by atoms with Crippen LogP contribution in [0.2, 0.25) is 0 Å². The molecule has 1 N–H and O–H groups in total. The zero-order chi connectivity index (χ0) is 12.4. The Morgan fingerprint density at radius 2 is 2.11 bits per heavy atom. The van der Waals surface area contributed by atoms with Crippen molar-refractivity contribution in [3.8, 4) is 0 Å². The molecule has 0 amide bonds. The van der Waals surface area contributed by atoms with Gasteiger partial charge in [0.1, 0.15) is 0 Å². The third-order valence-electron chi connectivity index (χ3n) is 5.10. The van der Waals surface area contributed by atoms with Crippen LogP contribution in [0.25, 0.3) is 0 Å². The van der Waals surface area contributed by atoms with Gasteiger partial charge in [-0.2, -0.15) is 0 Å². The van der Waals surface area contributed by atoms with Crippen LogP contribution in [-0.2, 0) is 6.54 Å². The minimum absolute atomic E-state index is 0.768. The largest absolute Gasteiger partial charge is 0.312 e. The van der Waals surface area contributed by atoms with Crippen LogP contribution in [0.3, 0.4) is 0 Å². The lowest BCUT2D eigenvalue weighted by molar-refractivity contribution is 0.220. The molecule has 1 aliphatic heterocycles. The molecular formula is C17H25N. The van der Waals surface area contributed by atoms with E-state index in [1.165, 1.54) is 44.2 Å². The Kier molecular flexibility index (Phi) is 3.69. The first-order valence-electron chi connectivity index (χ1n) is 7.67. The molecule has 98 valence electrons. The molecule has 1 aromatic carbocycles. The molecule has 0 bridgehead atoms. The third kappa shape index (κ3) is 2.33. The van der Waals surface area contributed by atoms with E-state index in [1.807, 2.05) is 0 Å². The molecule has 0 spiro atoms. The van der Waals surface area contributed by atoms with Crippen molar-refractivity contribution in [1.82, 2.24) is 5.32 Å². The minimum atomic E-state index is 0.768. The number of fused-ring (bicyclic) bond motifs is 1. The van der Waals surface area contributed by atoms with Gasteiger partial charge in [0.25, 0.3) is 0 Å². The predicted octanol–water partition coefficient (Wildman–Crippen LogP) is 4.09. The smallest absolute Gasteiger partial charge is 0.0208 e. The van der Waals surface area contributed by atoms with Crippen LogP contribution >= 0.6 is 0 Å². The van der Waals surface area contributed by atoms with Gasteiger partial charge in [0.15, 0.2) is 0 Å². The van der Waals surface area contributed by atoms with Crippen LogP contribution in [0, 0.1) is 11.8 Å². The van der Waals surface area contributed by atoms with Crippen LogP contribution in [0.4, 0.5) is 0 Å². The molecule has 0 aromatic heterocycles. The second kappa shape index (κ2) is 5.44. The molecule has 1 nitrogen and oxygen atoms in total. The van der Waals surface area contributed by atoms with Gasteiger partial charge in [0.05, 0.1) is 0 Å². The van der Waals surface area contributed by atoms with Gasteiger partial charge in [0, 0.05) is 13.1 Å². The van der Waals surface area contributed by atoms with Crippen molar-refractivity contribution >= 4 is 0 Å². The lowest BCUT2D eigenvalue weighted by Crippen LogP contribution is -2.34. The van der Waals surface area contributed by atoms with Crippen molar-refractivity contribution in [1.29, 1.82) is 0 Å². The van der Waals surface area contributed by atoms with E-state index < -0.39 is 0 Å². The van der Waals surface area contributed by atoms with Crippen LogP contribution in [0.15, 0.2) is 24.3 Å². The summed E-state index contributed by atoms with van der Waals surface area (Å²) in [6, 6.07) is 9.07. The molecule has 0 saturated heterocycles. The van der Waals surface area contributed by atoms with Crippen molar-refractivity contribution in [2.75, 3.05) is 6.54 Å². The van der Waals surface area contributed by atoms with Gasteiger partial charge in [0.2, 0.25) is 0 Å². The van der Waals surface area contributed by atoms with E-state index >= 15 is 0 Å². The summed E-state index contributed by atoms with van der Waals surface area (Å²) in [5.74, 6) is 2.67. The summed E-state index contributed by atoms with van der Waals surface area (Å²) in [5, 5.41) is 3.62. The Morgan fingerprint density at radius 1 is 1.22 bits per heavy atom. The Morgan fingerprint density at radius 3 is 3.00 bits per heavy atom. The van der Waals surface area contributed by atoms with Gasteiger partial charge >= 0.3 is 0 Å². The Bertz CT molecular complexity index is 398. The quantitative estimate of drug-likeness (QED) is 0.825. The topological polar surface area (TPSA) is 12.0 Å². The van der Waals surface area contributed by atoms with Gasteiger partial charge < -0.3 is 5.32 Å². The summed E-state index contributed by atoms with van der Waals surface area (Å²) in [7, 11) is 0. The summed E-state index contributed by atoms with van der Waals surface area (Å²) in [5.41, 5.74) is 3.17.